The first-order chi connectivity index (χ1) is 10.1. The number of aliphatic hydroxyl groups is 1. The van der Waals surface area contributed by atoms with E-state index in [0.717, 1.165) is 16.7 Å². The van der Waals surface area contributed by atoms with Gasteiger partial charge < -0.3 is 15.5 Å². The number of amides is 1. The molecule has 2 rings (SSSR count). The van der Waals surface area contributed by atoms with Crippen LogP contribution in [0.5, 0.6) is 5.75 Å². The van der Waals surface area contributed by atoms with E-state index >= 15 is 0 Å². The van der Waals surface area contributed by atoms with E-state index in [1.165, 1.54) is 0 Å². The second-order valence-electron chi connectivity index (χ2n) is 5.01. The Kier molecular flexibility index (Phi) is 4.95. The highest BCUT2D eigenvalue weighted by atomic mass is 16.3. The average molecular weight is 285 g/mol. The first-order valence-electron chi connectivity index (χ1n) is 6.84. The molecule has 0 saturated heterocycles. The molecule has 0 radical (unpaired) electrons. The molecule has 1 atom stereocenters. The summed E-state index contributed by atoms with van der Waals surface area (Å²) < 4.78 is 0. The predicted molar refractivity (Wildman–Crippen MR) is 81.0 cm³/mol. The quantitative estimate of drug-likeness (QED) is 0.788. The van der Waals surface area contributed by atoms with Crippen LogP contribution >= 0.6 is 0 Å². The Balaban J connectivity index is 2.01. The van der Waals surface area contributed by atoms with Crippen molar-refractivity contribution in [2.24, 2.45) is 0 Å². The predicted octanol–water partition coefficient (Wildman–Crippen LogP) is 2.09. The van der Waals surface area contributed by atoms with E-state index < -0.39 is 6.04 Å². The molecule has 0 aliphatic heterocycles. The zero-order valence-electron chi connectivity index (χ0n) is 11.9. The molecule has 0 heterocycles. The lowest BCUT2D eigenvalue weighted by atomic mass is 10.1. The number of benzene rings is 2. The number of hydrogen-bond donors (Lipinski definition) is 3. The highest BCUT2D eigenvalue weighted by Gasteiger charge is 2.13. The van der Waals surface area contributed by atoms with Crippen LogP contribution in [0.3, 0.4) is 0 Å². The maximum absolute atomic E-state index is 12.0. The van der Waals surface area contributed by atoms with E-state index in [9.17, 15) is 15.0 Å². The summed E-state index contributed by atoms with van der Waals surface area (Å²) in [5.41, 5.74) is 2.37. The van der Waals surface area contributed by atoms with Gasteiger partial charge in [-0.15, -0.1) is 0 Å². The lowest BCUT2D eigenvalue weighted by Gasteiger charge is -2.16. The van der Waals surface area contributed by atoms with Crippen LogP contribution in [0.15, 0.2) is 48.5 Å². The highest BCUT2D eigenvalue weighted by Crippen LogP contribution is 2.18. The minimum absolute atomic E-state index is 0.158. The van der Waals surface area contributed by atoms with Crippen LogP contribution in [0.25, 0.3) is 0 Å². The Bertz CT molecular complexity index is 611. The molecule has 0 unspecified atom stereocenters. The van der Waals surface area contributed by atoms with E-state index in [1.54, 1.807) is 19.1 Å². The second-order valence-corrected chi connectivity index (χ2v) is 5.01. The van der Waals surface area contributed by atoms with Crippen LogP contribution in [0, 0.1) is 6.92 Å². The number of carbonyl (C=O) groups excluding carboxylic acids is 1. The standard InChI is InChI=1S/C17H19NO3/c1-12-7-8-13(9-16(12)20)10-17(21)18-15(11-19)14-5-3-2-4-6-14/h2-9,15,19-20H,10-11H2,1H3,(H,18,21)/t15-/m1/s1. The zero-order chi connectivity index (χ0) is 15.2. The largest absolute Gasteiger partial charge is 0.508 e. The van der Waals surface area contributed by atoms with Gasteiger partial charge >= 0.3 is 0 Å². The monoisotopic (exact) mass is 285 g/mol. The number of aromatic hydroxyl groups is 1. The molecule has 0 spiro atoms. The van der Waals surface area contributed by atoms with E-state index in [1.807, 2.05) is 36.4 Å². The summed E-state index contributed by atoms with van der Waals surface area (Å²) in [6.07, 6.45) is 0.164. The van der Waals surface area contributed by atoms with Crippen molar-refractivity contribution in [3.8, 4) is 5.75 Å². The summed E-state index contributed by atoms with van der Waals surface area (Å²) in [5, 5.41) is 21.9. The minimum atomic E-state index is -0.419. The first kappa shape index (κ1) is 15.1. The molecule has 3 N–H and O–H groups in total. The molecular weight excluding hydrogens is 266 g/mol. The lowest BCUT2D eigenvalue weighted by Crippen LogP contribution is -2.31. The fourth-order valence-electron chi connectivity index (χ4n) is 2.12. The molecule has 0 bridgehead atoms. The third-order valence-electron chi connectivity index (χ3n) is 3.36. The van der Waals surface area contributed by atoms with E-state index in [0.29, 0.717) is 0 Å². The minimum Gasteiger partial charge on any atom is -0.508 e. The van der Waals surface area contributed by atoms with Gasteiger partial charge in [-0.3, -0.25) is 4.79 Å². The number of rotatable bonds is 5. The molecule has 0 aliphatic rings. The van der Waals surface area contributed by atoms with Crippen molar-refractivity contribution in [3.63, 3.8) is 0 Å². The lowest BCUT2D eigenvalue weighted by molar-refractivity contribution is -0.121. The number of phenols is 1. The van der Waals surface area contributed by atoms with E-state index in [2.05, 4.69) is 5.32 Å². The molecule has 0 aromatic heterocycles. The molecular formula is C17H19NO3. The van der Waals surface area contributed by atoms with Gasteiger partial charge in [0.1, 0.15) is 5.75 Å². The summed E-state index contributed by atoms with van der Waals surface area (Å²) in [7, 11) is 0. The van der Waals surface area contributed by atoms with Crippen molar-refractivity contribution < 1.29 is 15.0 Å². The van der Waals surface area contributed by atoms with Gasteiger partial charge in [0.15, 0.2) is 0 Å². The van der Waals surface area contributed by atoms with Crippen LogP contribution < -0.4 is 5.32 Å². The fourth-order valence-corrected chi connectivity index (χ4v) is 2.12. The summed E-state index contributed by atoms with van der Waals surface area (Å²) in [6.45, 7) is 1.64. The Morgan fingerprint density at radius 1 is 1.19 bits per heavy atom. The van der Waals surface area contributed by atoms with Gasteiger partial charge in [-0.1, -0.05) is 42.5 Å². The van der Waals surface area contributed by atoms with Crippen molar-refractivity contribution >= 4 is 5.91 Å². The van der Waals surface area contributed by atoms with Gasteiger partial charge in [0.25, 0.3) is 0 Å². The Morgan fingerprint density at radius 2 is 1.90 bits per heavy atom. The highest BCUT2D eigenvalue weighted by molar-refractivity contribution is 5.79. The van der Waals surface area contributed by atoms with Crippen LogP contribution in [0.1, 0.15) is 22.7 Å². The first-order valence-corrected chi connectivity index (χ1v) is 6.84. The molecule has 4 heteroatoms. The molecule has 1 amide bonds. The second kappa shape index (κ2) is 6.90. The molecule has 2 aromatic rings. The number of aryl methyl sites for hydroxylation is 1. The van der Waals surface area contributed by atoms with Crippen LogP contribution in [-0.4, -0.2) is 22.7 Å². The number of nitrogens with one attached hydrogen (secondary N) is 1. The van der Waals surface area contributed by atoms with Crippen LogP contribution in [0.2, 0.25) is 0 Å². The summed E-state index contributed by atoms with van der Waals surface area (Å²) in [4.78, 5) is 12.0. The van der Waals surface area contributed by atoms with Gasteiger partial charge in [0.05, 0.1) is 19.1 Å². The summed E-state index contributed by atoms with van der Waals surface area (Å²) in [6, 6.07) is 14.1. The molecule has 2 aromatic carbocycles. The van der Waals surface area contributed by atoms with Crippen LogP contribution in [-0.2, 0) is 11.2 Å². The van der Waals surface area contributed by atoms with Gasteiger partial charge in [0.2, 0.25) is 5.91 Å². The van der Waals surface area contributed by atoms with Crippen molar-refractivity contribution in [2.75, 3.05) is 6.61 Å². The third-order valence-corrected chi connectivity index (χ3v) is 3.36. The van der Waals surface area contributed by atoms with Crippen molar-refractivity contribution in [2.45, 2.75) is 19.4 Å². The Morgan fingerprint density at radius 3 is 2.52 bits per heavy atom. The molecule has 110 valence electrons. The average Bonchev–Trinajstić information content (AvgIpc) is 2.49. The van der Waals surface area contributed by atoms with Gasteiger partial charge in [-0.05, 0) is 29.7 Å². The van der Waals surface area contributed by atoms with Crippen molar-refractivity contribution in [3.05, 3.63) is 65.2 Å². The summed E-state index contributed by atoms with van der Waals surface area (Å²) in [5.74, 6) is -0.0109. The van der Waals surface area contributed by atoms with Gasteiger partial charge in [-0.2, -0.15) is 0 Å². The van der Waals surface area contributed by atoms with Crippen LogP contribution in [0.4, 0.5) is 0 Å². The molecule has 21 heavy (non-hydrogen) atoms. The smallest absolute Gasteiger partial charge is 0.224 e. The summed E-state index contributed by atoms with van der Waals surface area (Å²) >= 11 is 0. The number of phenolic OH excluding ortho intramolecular Hbond substituents is 1. The number of aliphatic hydroxyl groups excluding tert-OH is 1. The Labute approximate surface area is 124 Å². The number of hydrogen-bond acceptors (Lipinski definition) is 3. The SMILES string of the molecule is Cc1ccc(CC(=O)N[C@H](CO)c2ccccc2)cc1O. The van der Waals surface area contributed by atoms with Gasteiger partial charge in [0, 0.05) is 0 Å². The maximum atomic E-state index is 12.0. The van der Waals surface area contributed by atoms with Crippen molar-refractivity contribution in [1.29, 1.82) is 0 Å². The Hall–Kier alpha value is -2.33. The molecule has 0 aliphatic carbocycles. The normalized spacial score (nSPS) is 11.9. The molecule has 4 nitrogen and oxygen atoms in total. The fraction of sp³-hybridized carbons (Fsp3) is 0.235. The molecule has 0 fully saturated rings. The van der Waals surface area contributed by atoms with Crippen molar-refractivity contribution in [1.82, 2.24) is 5.32 Å². The number of carbonyl (C=O) groups is 1. The third kappa shape index (κ3) is 4.07. The zero-order valence-corrected chi connectivity index (χ0v) is 11.9. The maximum Gasteiger partial charge on any atom is 0.224 e. The van der Waals surface area contributed by atoms with Gasteiger partial charge in [-0.25, -0.2) is 0 Å². The topological polar surface area (TPSA) is 69.6 Å². The molecule has 0 saturated carbocycles. The van der Waals surface area contributed by atoms with E-state index in [-0.39, 0.29) is 24.7 Å². The van der Waals surface area contributed by atoms with E-state index in [4.69, 9.17) is 0 Å².